The highest BCUT2D eigenvalue weighted by Gasteiger charge is 2.36. The Balaban J connectivity index is 1.38. The second-order valence-electron chi connectivity index (χ2n) is 6.89. The van der Waals surface area contributed by atoms with Crippen LogP contribution in [0.2, 0.25) is 0 Å². The van der Waals surface area contributed by atoms with Gasteiger partial charge in [0.25, 0.3) is 0 Å². The molecule has 1 aliphatic rings. The number of nitrogens with zero attached hydrogens (tertiary/aromatic N) is 3. The van der Waals surface area contributed by atoms with E-state index in [9.17, 15) is 5.11 Å². The first-order valence-electron chi connectivity index (χ1n) is 9.53. The summed E-state index contributed by atoms with van der Waals surface area (Å²) in [5.74, 6) is 1.58. The molecule has 0 radical (unpaired) electrons. The molecule has 8 heteroatoms. The summed E-state index contributed by atoms with van der Waals surface area (Å²) in [4.78, 5) is 10.4. The smallest absolute Gasteiger partial charge is 0.147 e. The summed E-state index contributed by atoms with van der Waals surface area (Å²) in [6, 6.07) is 7.84. The zero-order valence-corrected chi connectivity index (χ0v) is 16.0. The molecule has 0 spiro atoms. The fourth-order valence-electron chi connectivity index (χ4n) is 3.18. The second-order valence-corrected chi connectivity index (χ2v) is 6.89. The van der Waals surface area contributed by atoms with Crippen LogP contribution in [0, 0.1) is 0 Å². The Hall–Kier alpha value is -2.26. The molecular formula is C20H28N4O4. The van der Waals surface area contributed by atoms with Gasteiger partial charge in [-0.3, -0.25) is 4.98 Å². The zero-order valence-electron chi connectivity index (χ0n) is 16.0. The van der Waals surface area contributed by atoms with Crippen molar-refractivity contribution in [1.29, 1.82) is 0 Å². The van der Waals surface area contributed by atoms with E-state index in [1.807, 2.05) is 24.3 Å². The van der Waals surface area contributed by atoms with Crippen LogP contribution < -0.4 is 15.0 Å². The van der Waals surface area contributed by atoms with Gasteiger partial charge >= 0.3 is 0 Å². The van der Waals surface area contributed by atoms with Gasteiger partial charge in [0, 0.05) is 38.6 Å². The number of hydrogen-bond acceptors (Lipinski definition) is 8. The van der Waals surface area contributed by atoms with E-state index in [1.54, 1.807) is 18.6 Å². The first-order chi connectivity index (χ1) is 13.7. The molecule has 28 heavy (non-hydrogen) atoms. The number of benzene rings is 1. The maximum atomic E-state index is 10.8. The zero-order chi connectivity index (χ0) is 19.7. The molecule has 1 aliphatic heterocycles. The Morgan fingerprint density at radius 2 is 2.00 bits per heavy atom. The van der Waals surface area contributed by atoms with Crippen LogP contribution in [0.5, 0.6) is 5.75 Å². The summed E-state index contributed by atoms with van der Waals surface area (Å²) in [6.45, 7) is 3.76. The summed E-state index contributed by atoms with van der Waals surface area (Å²) >= 11 is 0. The van der Waals surface area contributed by atoms with Crippen molar-refractivity contribution in [3.05, 3.63) is 48.4 Å². The third-order valence-corrected chi connectivity index (χ3v) is 4.64. The van der Waals surface area contributed by atoms with E-state index in [0.717, 1.165) is 23.7 Å². The third kappa shape index (κ3) is 6.13. The average molecular weight is 388 g/mol. The molecule has 1 aromatic carbocycles. The van der Waals surface area contributed by atoms with Crippen molar-refractivity contribution in [2.45, 2.75) is 18.6 Å². The summed E-state index contributed by atoms with van der Waals surface area (Å²) in [5.41, 5.74) is 0.353. The molecule has 0 amide bonds. The number of rotatable bonds is 11. The van der Waals surface area contributed by atoms with Gasteiger partial charge in [-0.25, -0.2) is 4.98 Å². The van der Waals surface area contributed by atoms with Gasteiger partial charge in [0.15, 0.2) is 0 Å². The largest absolute Gasteiger partial charge is 0.491 e. The van der Waals surface area contributed by atoms with Crippen molar-refractivity contribution in [3.8, 4) is 5.75 Å². The highest BCUT2D eigenvalue weighted by Crippen LogP contribution is 2.24. The first-order valence-corrected chi connectivity index (χ1v) is 9.53. The number of anilines is 1. The standard InChI is InChI=1S/C20H28N4O4/c25-9-10-27-11-12-28-18-3-1-17(2-4-18)13-22-15-20(26)5-8-24(16-20)19-14-21-6-7-23-19/h1-4,6-7,14,22,25-26H,5,8-13,15-16H2. The predicted molar refractivity (Wildman–Crippen MR) is 105 cm³/mol. The van der Waals surface area contributed by atoms with E-state index in [4.69, 9.17) is 14.6 Å². The average Bonchev–Trinajstić information content (AvgIpc) is 3.12. The van der Waals surface area contributed by atoms with Gasteiger partial charge < -0.3 is 29.9 Å². The maximum Gasteiger partial charge on any atom is 0.147 e. The Bertz CT molecular complexity index is 701. The lowest BCUT2D eigenvalue weighted by Crippen LogP contribution is -2.43. The van der Waals surface area contributed by atoms with E-state index in [2.05, 4.69) is 20.2 Å². The summed E-state index contributed by atoms with van der Waals surface area (Å²) in [6.07, 6.45) is 5.73. The lowest BCUT2D eigenvalue weighted by atomic mass is 10.0. The minimum atomic E-state index is -0.769. The molecule has 1 unspecified atom stereocenters. The van der Waals surface area contributed by atoms with E-state index in [-0.39, 0.29) is 6.61 Å². The molecule has 3 N–H and O–H groups in total. The fraction of sp³-hybridized carbons (Fsp3) is 0.500. The molecule has 1 saturated heterocycles. The molecule has 0 aliphatic carbocycles. The number of aromatic nitrogens is 2. The molecule has 2 heterocycles. The second kappa shape index (κ2) is 10.3. The number of hydrogen-bond donors (Lipinski definition) is 3. The van der Waals surface area contributed by atoms with E-state index in [1.165, 1.54) is 0 Å². The number of aliphatic hydroxyl groups is 2. The Labute approximate surface area is 165 Å². The van der Waals surface area contributed by atoms with Crippen LogP contribution in [-0.4, -0.2) is 71.8 Å². The van der Waals surface area contributed by atoms with Gasteiger partial charge in [-0.05, 0) is 24.1 Å². The van der Waals surface area contributed by atoms with Gasteiger partial charge in [0.05, 0.1) is 31.6 Å². The summed E-state index contributed by atoms with van der Waals surface area (Å²) < 4.78 is 10.7. The van der Waals surface area contributed by atoms with Crippen LogP contribution in [0.25, 0.3) is 0 Å². The molecule has 0 saturated carbocycles. The molecule has 2 aromatic rings. The van der Waals surface area contributed by atoms with Crippen LogP contribution >= 0.6 is 0 Å². The minimum absolute atomic E-state index is 0.0230. The van der Waals surface area contributed by atoms with Crippen LogP contribution in [0.15, 0.2) is 42.9 Å². The van der Waals surface area contributed by atoms with Gasteiger partial charge in [0.1, 0.15) is 18.2 Å². The topological polar surface area (TPSA) is 100.0 Å². The predicted octanol–water partition coefficient (Wildman–Crippen LogP) is 0.595. The molecule has 8 nitrogen and oxygen atoms in total. The van der Waals surface area contributed by atoms with Crippen LogP contribution in [0.1, 0.15) is 12.0 Å². The minimum Gasteiger partial charge on any atom is -0.491 e. The van der Waals surface area contributed by atoms with Crippen molar-refractivity contribution in [1.82, 2.24) is 15.3 Å². The Morgan fingerprint density at radius 1 is 1.14 bits per heavy atom. The number of β-amino-alcohol motifs (C(OH)–C–C–N with tert-alkyl or cyclic N) is 1. The van der Waals surface area contributed by atoms with E-state index in [0.29, 0.717) is 45.9 Å². The molecule has 1 atom stereocenters. The van der Waals surface area contributed by atoms with Crippen LogP contribution in [0.3, 0.4) is 0 Å². The molecule has 0 bridgehead atoms. The molecule has 3 rings (SSSR count). The van der Waals surface area contributed by atoms with E-state index < -0.39 is 5.60 Å². The Morgan fingerprint density at radius 3 is 2.75 bits per heavy atom. The van der Waals surface area contributed by atoms with Crippen molar-refractivity contribution in [2.24, 2.45) is 0 Å². The normalized spacial score (nSPS) is 19.1. The van der Waals surface area contributed by atoms with Gasteiger partial charge in [-0.1, -0.05) is 12.1 Å². The highest BCUT2D eigenvalue weighted by atomic mass is 16.5. The number of nitrogens with one attached hydrogen (secondary N) is 1. The van der Waals surface area contributed by atoms with Gasteiger partial charge in [-0.15, -0.1) is 0 Å². The lowest BCUT2D eigenvalue weighted by molar-refractivity contribution is 0.0626. The van der Waals surface area contributed by atoms with E-state index >= 15 is 0 Å². The summed E-state index contributed by atoms with van der Waals surface area (Å²) in [7, 11) is 0. The van der Waals surface area contributed by atoms with Crippen molar-refractivity contribution < 1.29 is 19.7 Å². The monoisotopic (exact) mass is 388 g/mol. The molecule has 1 fully saturated rings. The lowest BCUT2D eigenvalue weighted by Gasteiger charge is -2.24. The first kappa shape index (κ1) is 20.5. The van der Waals surface area contributed by atoms with Gasteiger partial charge in [-0.2, -0.15) is 0 Å². The van der Waals surface area contributed by atoms with Crippen molar-refractivity contribution >= 4 is 5.82 Å². The van der Waals surface area contributed by atoms with Crippen molar-refractivity contribution in [3.63, 3.8) is 0 Å². The van der Waals surface area contributed by atoms with Crippen LogP contribution in [-0.2, 0) is 11.3 Å². The number of aliphatic hydroxyl groups excluding tert-OH is 1. The molecule has 152 valence electrons. The van der Waals surface area contributed by atoms with Gasteiger partial charge in [0.2, 0.25) is 0 Å². The summed E-state index contributed by atoms with van der Waals surface area (Å²) in [5, 5.41) is 22.8. The molecular weight excluding hydrogens is 360 g/mol. The number of ether oxygens (including phenoxy) is 2. The fourth-order valence-corrected chi connectivity index (χ4v) is 3.18. The SMILES string of the molecule is OCCOCCOc1ccc(CNCC2(O)CCN(c3cnccn3)C2)cc1. The van der Waals surface area contributed by atoms with Crippen molar-refractivity contribution in [2.75, 3.05) is 51.0 Å². The quantitative estimate of drug-likeness (QED) is 0.481. The maximum absolute atomic E-state index is 10.8. The highest BCUT2D eigenvalue weighted by molar-refractivity contribution is 5.38. The third-order valence-electron chi connectivity index (χ3n) is 4.64. The van der Waals surface area contributed by atoms with Crippen LogP contribution in [0.4, 0.5) is 5.82 Å². The molecule has 1 aromatic heterocycles. The Kier molecular flexibility index (Phi) is 7.55.